The lowest BCUT2D eigenvalue weighted by molar-refractivity contribution is 0.211. The van der Waals surface area contributed by atoms with Crippen molar-refractivity contribution in [2.24, 2.45) is 11.7 Å². The predicted molar refractivity (Wildman–Crippen MR) is 79.2 cm³/mol. The summed E-state index contributed by atoms with van der Waals surface area (Å²) in [6.45, 7) is 2.74. The Hall–Kier alpha value is -0.500. The van der Waals surface area contributed by atoms with Gasteiger partial charge in [0.05, 0.1) is 9.37 Å². The van der Waals surface area contributed by atoms with Gasteiger partial charge in [0.25, 0.3) is 0 Å². The number of piperidine rings is 1. The molecule has 1 saturated heterocycles. The summed E-state index contributed by atoms with van der Waals surface area (Å²) >= 11 is 3.02. The maximum Gasteiger partial charge on any atom is 0.243 e. The molecule has 0 amide bonds. The fraction of sp³-hybridized carbons (Fsp3) is 0.538. The molecule has 1 aromatic rings. The summed E-state index contributed by atoms with van der Waals surface area (Å²) in [5.74, 6) is -0.410. The van der Waals surface area contributed by atoms with E-state index in [1.54, 1.807) is 0 Å². The van der Waals surface area contributed by atoms with Gasteiger partial charge >= 0.3 is 0 Å². The van der Waals surface area contributed by atoms with Gasteiger partial charge in [0.15, 0.2) is 0 Å². The second-order valence-electron chi connectivity index (χ2n) is 5.18. The summed E-state index contributed by atoms with van der Waals surface area (Å²) in [7, 11) is -3.68. The second kappa shape index (κ2) is 6.09. The minimum absolute atomic E-state index is 0.0114. The van der Waals surface area contributed by atoms with Crippen molar-refractivity contribution in [2.45, 2.75) is 30.7 Å². The summed E-state index contributed by atoms with van der Waals surface area (Å²) in [4.78, 5) is -0.0114. The second-order valence-corrected chi connectivity index (χ2v) is 7.92. The van der Waals surface area contributed by atoms with E-state index in [2.05, 4.69) is 15.9 Å². The molecule has 1 aromatic carbocycles. The van der Waals surface area contributed by atoms with E-state index in [4.69, 9.17) is 5.73 Å². The summed E-state index contributed by atoms with van der Waals surface area (Å²) in [5, 5.41) is 0. The van der Waals surface area contributed by atoms with Gasteiger partial charge in [-0.1, -0.05) is 0 Å². The Kier molecular flexibility index (Phi) is 4.84. The highest BCUT2D eigenvalue weighted by Gasteiger charge is 2.34. The van der Waals surface area contributed by atoms with Crippen LogP contribution in [-0.2, 0) is 10.0 Å². The monoisotopic (exact) mass is 364 g/mol. The molecule has 0 aromatic heterocycles. The van der Waals surface area contributed by atoms with E-state index in [1.165, 1.54) is 16.4 Å². The number of nitrogens with zero attached hydrogens (tertiary/aromatic N) is 1. The molecule has 112 valence electrons. The van der Waals surface area contributed by atoms with Gasteiger partial charge in [-0.2, -0.15) is 4.31 Å². The Morgan fingerprint density at radius 2 is 2.15 bits per heavy atom. The van der Waals surface area contributed by atoms with Gasteiger partial charge in [0.2, 0.25) is 10.0 Å². The highest BCUT2D eigenvalue weighted by Crippen LogP contribution is 2.29. The normalized spacial score (nSPS) is 24.8. The van der Waals surface area contributed by atoms with Crippen molar-refractivity contribution in [1.82, 2.24) is 4.31 Å². The molecule has 2 atom stereocenters. The fourth-order valence-electron chi connectivity index (χ4n) is 2.45. The first-order valence-electron chi connectivity index (χ1n) is 6.53. The van der Waals surface area contributed by atoms with E-state index in [1.807, 2.05) is 6.92 Å². The Bertz CT molecular complexity index is 594. The van der Waals surface area contributed by atoms with E-state index >= 15 is 0 Å². The van der Waals surface area contributed by atoms with Gasteiger partial charge in [-0.3, -0.25) is 0 Å². The molecule has 1 aliphatic heterocycles. The third-order valence-corrected chi connectivity index (χ3v) is 6.37. The van der Waals surface area contributed by atoms with Crippen LogP contribution in [0.3, 0.4) is 0 Å². The summed E-state index contributed by atoms with van der Waals surface area (Å²) in [6.07, 6.45) is 1.71. The maximum absolute atomic E-state index is 13.6. The molecule has 2 N–H and O–H groups in total. The highest BCUT2D eigenvalue weighted by atomic mass is 79.9. The molecule has 20 heavy (non-hydrogen) atoms. The zero-order valence-electron chi connectivity index (χ0n) is 11.2. The maximum atomic E-state index is 13.6. The molecule has 0 radical (unpaired) electrons. The molecule has 0 saturated carbocycles. The molecule has 1 aliphatic rings. The average Bonchev–Trinajstić information content (AvgIpc) is 2.42. The highest BCUT2D eigenvalue weighted by molar-refractivity contribution is 9.10. The lowest BCUT2D eigenvalue weighted by Gasteiger charge is -2.36. The van der Waals surface area contributed by atoms with Crippen LogP contribution in [0.25, 0.3) is 0 Å². The fourth-order valence-corrected chi connectivity index (χ4v) is 4.44. The van der Waals surface area contributed by atoms with Gasteiger partial charge in [0.1, 0.15) is 5.82 Å². The molecule has 1 fully saturated rings. The van der Waals surface area contributed by atoms with Crippen molar-refractivity contribution in [3.63, 3.8) is 0 Å². The minimum Gasteiger partial charge on any atom is -0.330 e. The van der Waals surface area contributed by atoms with Crippen molar-refractivity contribution in [3.8, 4) is 0 Å². The number of hydrogen-bond donors (Lipinski definition) is 1. The van der Waals surface area contributed by atoms with Crippen molar-refractivity contribution >= 4 is 26.0 Å². The smallest absolute Gasteiger partial charge is 0.243 e. The van der Waals surface area contributed by atoms with Crippen molar-refractivity contribution < 1.29 is 12.8 Å². The lowest BCUT2D eigenvalue weighted by Crippen LogP contribution is -2.47. The van der Waals surface area contributed by atoms with Crippen LogP contribution in [0.1, 0.15) is 19.8 Å². The molecule has 1 heterocycles. The van der Waals surface area contributed by atoms with Crippen molar-refractivity contribution in [2.75, 3.05) is 13.1 Å². The predicted octanol–water partition coefficient (Wildman–Crippen LogP) is 2.34. The summed E-state index contributed by atoms with van der Waals surface area (Å²) in [6, 6.07) is 3.80. The van der Waals surface area contributed by atoms with Crippen molar-refractivity contribution in [3.05, 3.63) is 28.5 Å². The van der Waals surface area contributed by atoms with Crippen LogP contribution in [0.15, 0.2) is 27.6 Å². The molecular weight excluding hydrogens is 347 g/mol. The van der Waals surface area contributed by atoms with Gasteiger partial charge in [-0.25, -0.2) is 12.8 Å². The van der Waals surface area contributed by atoms with Gasteiger partial charge < -0.3 is 5.73 Å². The average molecular weight is 365 g/mol. The molecule has 7 heteroatoms. The summed E-state index contributed by atoms with van der Waals surface area (Å²) < 4.78 is 40.5. The van der Waals surface area contributed by atoms with E-state index < -0.39 is 15.8 Å². The standard InChI is InChI=1S/C13H18BrFN2O2S/c1-9-2-3-10(7-16)8-17(9)20(18,19)11-4-5-12(14)13(15)6-11/h4-6,9-10H,2-3,7-8,16H2,1H3. The number of sulfonamides is 1. The molecule has 2 rings (SSSR count). The Labute approximate surface area is 127 Å². The first-order valence-corrected chi connectivity index (χ1v) is 8.76. The minimum atomic E-state index is -3.68. The van der Waals surface area contributed by atoms with Crippen LogP contribution >= 0.6 is 15.9 Å². The first kappa shape index (κ1) is 15.9. The van der Waals surface area contributed by atoms with E-state index in [0.717, 1.165) is 18.9 Å². The topological polar surface area (TPSA) is 63.4 Å². The molecule has 0 aliphatic carbocycles. The van der Waals surface area contributed by atoms with Crippen LogP contribution in [0.5, 0.6) is 0 Å². The van der Waals surface area contributed by atoms with Crippen molar-refractivity contribution in [1.29, 1.82) is 0 Å². The molecule has 2 unspecified atom stereocenters. The van der Waals surface area contributed by atoms with Crippen LogP contribution in [0, 0.1) is 11.7 Å². The van der Waals surface area contributed by atoms with Gasteiger partial charge in [-0.15, -0.1) is 0 Å². The summed E-state index contributed by atoms with van der Waals surface area (Å²) in [5.41, 5.74) is 5.65. The first-order chi connectivity index (χ1) is 9.36. The molecular formula is C13H18BrFN2O2S. The Morgan fingerprint density at radius 3 is 2.75 bits per heavy atom. The SMILES string of the molecule is CC1CCC(CN)CN1S(=O)(=O)c1ccc(Br)c(F)c1. The van der Waals surface area contributed by atoms with Crippen LogP contribution in [0.4, 0.5) is 4.39 Å². The van der Waals surface area contributed by atoms with Crippen LogP contribution < -0.4 is 5.73 Å². The Morgan fingerprint density at radius 1 is 1.45 bits per heavy atom. The molecule has 0 spiro atoms. The van der Waals surface area contributed by atoms with E-state index in [0.29, 0.717) is 13.1 Å². The number of rotatable bonds is 3. The van der Waals surface area contributed by atoms with Gasteiger partial charge in [-0.05, 0) is 66.4 Å². The Balaban J connectivity index is 2.35. The molecule has 4 nitrogen and oxygen atoms in total. The number of hydrogen-bond acceptors (Lipinski definition) is 3. The van der Waals surface area contributed by atoms with E-state index in [9.17, 15) is 12.8 Å². The lowest BCUT2D eigenvalue weighted by atomic mass is 9.96. The van der Waals surface area contributed by atoms with Crippen LogP contribution in [-0.4, -0.2) is 31.9 Å². The number of halogens is 2. The number of nitrogens with two attached hydrogens (primary N) is 1. The largest absolute Gasteiger partial charge is 0.330 e. The van der Waals surface area contributed by atoms with Crippen LogP contribution in [0.2, 0.25) is 0 Å². The zero-order valence-corrected chi connectivity index (χ0v) is 13.6. The third-order valence-electron chi connectivity index (χ3n) is 3.75. The number of benzene rings is 1. The zero-order chi connectivity index (χ0) is 14.9. The quantitative estimate of drug-likeness (QED) is 0.894. The van der Waals surface area contributed by atoms with E-state index in [-0.39, 0.29) is 21.3 Å². The van der Waals surface area contributed by atoms with Gasteiger partial charge in [0, 0.05) is 12.6 Å². The molecule has 0 bridgehead atoms. The third kappa shape index (κ3) is 3.05.